The van der Waals surface area contributed by atoms with Crippen LogP contribution in [-0.2, 0) is 0 Å². The molecule has 0 N–H and O–H groups in total. The Kier molecular flexibility index (Phi) is 4.63. The van der Waals surface area contributed by atoms with E-state index in [1.54, 1.807) is 0 Å². The number of aliphatic imine (C=N–C) groups is 1. The van der Waals surface area contributed by atoms with Gasteiger partial charge in [-0.3, -0.25) is 4.99 Å². The van der Waals surface area contributed by atoms with Crippen LogP contribution in [0, 0.1) is 0 Å². The Morgan fingerprint density at radius 2 is 0.966 bits per heavy atom. The zero-order chi connectivity index (χ0) is 19.5. The van der Waals surface area contributed by atoms with E-state index in [0.717, 1.165) is 5.56 Å². The Morgan fingerprint density at radius 1 is 0.483 bits per heavy atom. The van der Waals surface area contributed by atoms with Crippen LogP contribution in [-0.4, -0.2) is 6.21 Å². The summed E-state index contributed by atoms with van der Waals surface area (Å²) in [4.78, 5) is 5.11. The summed E-state index contributed by atoms with van der Waals surface area (Å²) in [6.07, 6.45) is 1.99. The molecule has 0 aromatic heterocycles. The van der Waals surface area contributed by atoms with Gasteiger partial charge in [0, 0.05) is 6.21 Å². The fourth-order valence-electron chi connectivity index (χ4n) is 4.01. The SMILES string of the molecule is C(=NC(c1cccc2ccccc12)c1cccc2ccccc12)c1ccccc1. The molecule has 0 heterocycles. The molecule has 0 aliphatic heterocycles. The first-order valence-corrected chi connectivity index (χ1v) is 9.94. The maximum atomic E-state index is 5.11. The molecule has 1 nitrogen and oxygen atoms in total. The third kappa shape index (κ3) is 3.43. The standard InChI is InChI=1S/C28H21N/c1-2-10-21(11-3-1)20-29-28(26-18-8-14-22-12-4-6-16-24(22)26)27-19-9-15-23-13-5-7-17-25(23)27/h1-20,28H. The van der Waals surface area contributed by atoms with Gasteiger partial charge in [0.2, 0.25) is 0 Å². The van der Waals surface area contributed by atoms with Crippen LogP contribution in [0.5, 0.6) is 0 Å². The van der Waals surface area contributed by atoms with Crippen LogP contribution in [0.15, 0.2) is 120 Å². The molecule has 0 radical (unpaired) electrons. The van der Waals surface area contributed by atoms with Crippen LogP contribution >= 0.6 is 0 Å². The summed E-state index contributed by atoms with van der Waals surface area (Å²) >= 11 is 0. The van der Waals surface area contributed by atoms with Crippen molar-refractivity contribution >= 4 is 27.8 Å². The highest BCUT2D eigenvalue weighted by Gasteiger charge is 2.17. The molecule has 5 aromatic carbocycles. The van der Waals surface area contributed by atoms with E-state index in [0.29, 0.717) is 0 Å². The first-order valence-electron chi connectivity index (χ1n) is 9.94. The maximum Gasteiger partial charge on any atom is 0.101 e. The average Bonchev–Trinajstić information content (AvgIpc) is 2.80. The van der Waals surface area contributed by atoms with Crippen molar-refractivity contribution in [3.63, 3.8) is 0 Å². The number of rotatable bonds is 4. The Hall–Kier alpha value is -3.71. The van der Waals surface area contributed by atoms with E-state index in [1.807, 2.05) is 24.4 Å². The lowest BCUT2D eigenvalue weighted by Gasteiger charge is -2.18. The molecular weight excluding hydrogens is 350 g/mol. The van der Waals surface area contributed by atoms with Crippen LogP contribution in [0.25, 0.3) is 21.5 Å². The summed E-state index contributed by atoms with van der Waals surface area (Å²) in [5.41, 5.74) is 3.57. The molecule has 138 valence electrons. The van der Waals surface area contributed by atoms with E-state index >= 15 is 0 Å². The van der Waals surface area contributed by atoms with Gasteiger partial charge < -0.3 is 0 Å². The van der Waals surface area contributed by atoms with Crippen molar-refractivity contribution in [3.8, 4) is 0 Å². The minimum absolute atomic E-state index is 0.0765. The van der Waals surface area contributed by atoms with Gasteiger partial charge >= 0.3 is 0 Å². The van der Waals surface area contributed by atoms with Gasteiger partial charge in [0.1, 0.15) is 6.04 Å². The molecule has 0 atom stereocenters. The smallest absolute Gasteiger partial charge is 0.101 e. The van der Waals surface area contributed by atoms with E-state index in [1.165, 1.54) is 32.7 Å². The lowest BCUT2D eigenvalue weighted by Crippen LogP contribution is -2.01. The summed E-state index contributed by atoms with van der Waals surface area (Å²) in [6, 6.07) is 40.4. The zero-order valence-corrected chi connectivity index (χ0v) is 16.1. The Bertz CT molecular complexity index is 1210. The summed E-state index contributed by atoms with van der Waals surface area (Å²) in [6.45, 7) is 0. The largest absolute Gasteiger partial charge is 0.280 e. The topological polar surface area (TPSA) is 12.4 Å². The molecule has 0 fully saturated rings. The van der Waals surface area contributed by atoms with Crippen molar-refractivity contribution in [2.75, 3.05) is 0 Å². The molecule has 0 aliphatic rings. The van der Waals surface area contributed by atoms with E-state index in [2.05, 4.69) is 97.1 Å². The Morgan fingerprint density at radius 3 is 1.55 bits per heavy atom. The van der Waals surface area contributed by atoms with Crippen LogP contribution in [0.1, 0.15) is 22.7 Å². The van der Waals surface area contributed by atoms with Gasteiger partial charge in [0.15, 0.2) is 0 Å². The second kappa shape index (κ2) is 7.73. The van der Waals surface area contributed by atoms with E-state index in [4.69, 9.17) is 4.99 Å². The number of fused-ring (bicyclic) bond motifs is 2. The molecule has 0 aliphatic carbocycles. The summed E-state index contributed by atoms with van der Waals surface area (Å²) < 4.78 is 0. The van der Waals surface area contributed by atoms with Crippen molar-refractivity contribution in [1.29, 1.82) is 0 Å². The van der Waals surface area contributed by atoms with Gasteiger partial charge in [-0.25, -0.2) is 0 Å². The molecule has 1 heteroatoms. The lowest BCUT2D eigenvalue weighted by atomic mass is 9.91. The average molecular weight is 371 g/mol. The van der Waals surface area contributed by atoms with Gasteiger partial charge in [0.05, 0.1) is 0 Å². The first-order chi connectivity index (χ1) is 14.4. The van der Waals surface area contributed by atoms with E-state index in [-0.39, 0.29) is 6.04 Å². The van der Waals surface area contributed by atoms with Crippen LogP contribution < -0.4 is 0 Å². The quantitative estimate of drug-likeness (QED) is 0.296. The van der Waals surface area contributed by atoms with E-state index in [9.17, 15) is 0 Å². The third-order valence-corrected chi connectivity index (χ3v) is 5.41. The first kappa shape index (κ1) is 17.4. The van der Waals surface area contributed by atoms with Gasteiger partial charge in [-0.05, 0) is 38.2 Å². The molecule has 0 saturated carbocycles. The predicted molar refractivity (Wildman–Crippen MR) is 124 cm³/mol. The highest BCUT2D eigenvalue weighted by Crippen LogP contribution is 2.35. The third-order valence-electron chi connectivity index (χ3n) is 5.41. The molecule has 5 rings (SSSR count). The van der Waals surface area contributed by atoms with Crippen LogP contribution in [0.3, 0.4) is 0 Å². The second-order valence-corrected chi connectivity index (χ2v) is 7.23. The van der Waals surface area contributed by atoms with Gasteiger partial charge in [-0.2, -0.15) is 0 Å². The highest BCUT2D eigenvalue weighted by atomic mass is 14.8. The van der Waals surface area contributed by atoms with Crippen molar-refractivity contribution in [2.24, 2.45) is 4.99 Å². The minimum Gasteiger partial charge on any atom is -0.280 e. The number of hydrogen-bond donors (Lipinski definition) is 0. The fraction of sp³-hybridized carbons (Fsp3) is 0.0357. The van der Waals surface area contributed by atoms with Crippen LogP contribution in [0.2, 0.25) is 0 Å². The zero-order valence-electron chi connectivity index (χ0n) is 16.1. The Balaban J connectivity index is 1.74. The molecule has 0 amide bonds. The lowest BCUT2D eigenvalue weighted by molar-refractivity contribution is 0.897. The maximum absolute atomic E-state index is 5.11. The predicted octanol–water partition coefficient (Wildman–Crippen LogP) is 7.20. The molecule has 0 spiro atoms. The number of hydrogen-bond acceptors (Lipinski definition) is 1. The Labute approximate surface area is 171 Å². The summed E-state index contributed by atoms with van der Waals surface area (Å²) in [5.74, 6) is 0. The van der Waals surface area contributed by atoms with Crippen LogP contribution in [0.4, 0.5) is 0 Å². The van der Waals surface area contributed by atoms with Crippen molar-refractivity contribution in [1.82, 2.24) is 0 Å². The van der Waals surface area contributed by atoms with E-state index < -0.39 is 0 Å². The highest BCUT2D eigenvalue weighted by molar-refractivity contribution is 5.91. The molecule has 5 aromatic rings. The molecule has 0 saturated heterocycles. The normalized spacial score (nSPS) is 11.6. The van der Waals surface area contributed by atoms with Crippen molar-refractivity contribution < 1.29 is 0 Å². The van der Waals surface area contributed by atoms with Gasteiger partial charge in [-0.15, -0.1) is 0 Å². The van der Waals surface area contributed by atoms with Crippen molar-refractivity contribution in [3.05, 3.63) is 132 Å². The molecule has 0 bridgehead atoms. The summed E-state index contributed by atoms with van der Waals surface area (Å²) in [7, 11) is 0. The number of benzene rings is 5. The number of nitrogens with zero attached hydrogens (tertiary/aromatic N) is 1. The van der Waals surface area contributed by atoms with Gasteiger partial charge in [-0.1, -0.05) is 115 Å². The monoisotopic (exact) mass is 371 g/mol. The fourth-order valence-corrected chi connectivity index (χ4v) is 4.01. The minimum atomic E-state index is -0.0765. The summed E-state index contributed by atoms with van der Waals surface area (Å²) in [5, 5.41) is 4.98. The molecular formula is C28H21N. The molecule has 0 unspecified atom stereocenters. The second-order valence-electron chi connectivity index (χ2n) is 7.23. The van der Waals surface area contributed by atoms with Crippen molar-refractivity contribution in [2.45, 2.75) is 6.04 Å². The van der Waals surface area contributed by atoms with Gasteiger partial charge in [0.25, 0.3) is 0 Å². The molecule has 29 heavy (non-hydrogen) atoms.